The number of nitrogens with two attached hydrogens (primary N) is 1. The van der Waals surface area contributed by atoms with Crippen LogP contribution in [0.1, 0.15) is 32.3 Å². The number of hydrogen-bond donors (Lipinski definition) is 1. The van der Waals surface area contributed by atoms with E-state index in [0.29, 0.717) is 13.2 Å². The fourth-order valence-corrected chi connectivity index (χ4v) is 1.98. The van der Waals surface area contributed by atoms with E-state index in [1.54, 1.807) is 0 Å². The largest absolute Gasteiger partial charge is 0.375 e. The van der Waals surface area contributed by atoms with Crippen LogP contribution in [0.4, 0.5) is 0 Å². The van der Waals surface area contributed by atoms with Gasteiger partial charge in [-0.2, -0.15) is 5.10 Å². The lowest BCUT2D eigenvalue weighted by atomic mass is 9.96. The molecule has 0 radical (unpaired) electrons. The molecule has 0 saturated carbocycles. The maximum absolute atomic E-state index is 6.21. The summed E-state index contributed by atoms with van der Waals surface area (Å²) in [5.41, 5.74) is 8.11. The second-order valence-electron chi connectivity index (χ2n) is 5.19. The Kier molecular flexibility index (Phi) is 4.93. The Morgan fingerprint density at radius 2 is 1.90 bits per heavy atom. The van der Waals surface area contributed by atoms with Crippen LogP contribution < -0.4 is 5.73 Å². The topological polar surface area (TPSA) is 53.1 Å². The van der Waals surface area contributed by atoms with Gasteiger partial charge in [0.15, 0.2) is 0 Å². The summed E-state index contributed by atoms with van der Waals surface area (Å²) in [7, 11) is 0. The standard InChI is InChI=1S/C16H23N3O/c1-3-16(17,4-2)13-20-12-14-10-18-19(11-14)15-8-6-5-7-9-15/h5-11H,3-4,12-13,17H2,1-2H3. The fraction of sp³-hybridized carbons (Fsp3) is 0.438. The summed E-state index contributed by atoms with van der Waals surface area (Å²) < 4.78 is 7.59. The van der Waals surface area contributed by atoms with Gasteiger partial charge in [-0.05, 0) is 25.0 Å². The van der Waals surface area contributed by atoms with E-state index >= 15 is 0 Å². The molecule has 2 rings (SSSR count). The minimum absolute atomic E-state index is 0.213. The molecule has 20 heavy (non-hydrogen) atoms. The molecule has 4 heteroatoms. The molecule has 0 bridgehead atoms. The Hall–Kier alpha value is -1.65. The number of rotatable bonds is 7. The van der Waals surface area contributed by atoms with E-state index in [0.717, 1.165) is 24.1 Å². The number of aromatic nitrogens is 2. The first kappa shape index (κ1) is 14.8. The van der Waals surface area contributed by atoms with Gasteiger partial charge in [-0.1, -0.05) is 32.0 Å². The van der Waals surface area contributed by atoms with Gasteiger partial charge in [-0.3, -0.25) is 0 Å². The van der Waals surface area contributed by atoms with Gasteiger partial charge in [0.05, 0.1) is 25.1 Å². The predicted molar refractivity (Wildman–Crippen MR) is 80.7 cm³/mol. The van der Waals surface area contributed by atoms with E-state index in [1.165, 1.54) is 0 Å². The summed E-state index contributed by atoms with van der Waals surface area (Å²) in [6, 6.07) is 10.0. The summed E-state index contributed by atoms with van der Waals surface area (Å²) in [6.07, 6.45) is 5.67. The van der Waals surface area contributed by atoms with Crippen molar-refractivity contribution in [1.29, 1.82) is 0 Å². The summed E-state index contributed by atoms with van der Waals surface area (Å²) in [4.78, 5) is 0. The van der Waals surface area contributed by atoms with Crippen LogP contribution in [0.15, 0.2) is 42.7 Å². The first-order valence-electron chi connectivity index (χ1n) is 7.12. The third-order valence-corrected chi connectivity index (χ3v) is 3.72. The molecule has 0 amide bonds. The molecular weight excluding hydrogens is 250 g/mol. The Bertz CT molecular complexity index is 518. The van der Waals surface area contributed by atoms with Gasteiger partial charge < -0.3 is 10.5 Å². The smallest absolute Gasteiger partial charge is 0.0748 e. The number of nitrogens with zero attached hydrogens (tertiary/aromatic N) is 2. The van der Waals surface area contributed by atoms with E-state index in [4.69, 9.17) is 10.5 Å². The first-order chi connectivity index (χ1) is 9.67. The van der Waals surface area contributed by atoms with Crippen LogP contribution in [-0.2, 0) is 11.3 Å². The molecule has 108 valence electrons. The average Bonchev–Trinajstić information content (AvgIpc) is 2.97. The van der Waals surface area contributed by atoms with Crippen molar-refractivity contribution in [1.82, 2.24) is 9.78 Å². The quantitative estimate of drug-likeness (QED) is 0.844. The molecule has 1 aromatic carbocycles. The molecule has 4 nitrogen and oxygen atoms in total. The van der Waals surface area contributed by atoms with Gasteiger partial charge in [-0.25, -0.2) is 4.68 Å². The molecule has 2 N–H and O–H groups in total. The van der Waals surface area contributed by atoms with Crippen LogP contribution in [-0.4, -0.2) is 21.9 Å². The lowest BCUT2D eigenvalue weighted by Gasteiger charge is -2.26. The Morgan fingerprint density at radius 3 is 2.55 bits per heavy atom. The molecule has 0 fully saturated rings. The summed E-state index contributed by atoms with van der Waals surface area (Å²) in [6.45, 7) is 5.32. The van der Waals surface area contributed by atoms with Crippen LogP contribution in [0.3, 0.4) is 0 Å². The van der Waals surface area contributed by atoms with Crippen molar-refractivity contribution in [3.8, 4) is 5.69 Å². The highest BCUT2D eigenvalue weighted by atomic mass is 16.5. The van der Waals surface area contributed by atoms with E-state index < -0.39 is 0 Å². The zero-order chi connectivity index (χ0) is 14.4. The highest BCUT2D eigenvalue weighted by Crippen LogP contribution is 2.13. The van der Waals surface area contributed by atoms with Gasteiger partial charge in [0, 0.05) is 17.3 Å². The monoisotopic (exact) mass is 273 g/mol. The summed E-state index contributed by atoms with van der Waals surface area (Å²) in [5, 5.41) is 4.35. The van der Waals surface area contributed by atoms with Crippen molar-refractivity contribution in [2.24, 2.45) is 5.73 Å². The molecular formula is C16H23N3O. The first-order valence-corrected chi connectivity index (χ1v) is 7.12. The molecule has 0 aliphatic heterocycles. The van der Waals surface area contributed by atoms with Crippen LogP contribution in [0.25, 0.3) is 5.69 Å². The van der Waals surface area contributed by atoms with Gasteiger partial charge in [0.2, 0.25) is 0 Å². The zero-order valence-corrected chi connectivity index (χ0v) is 12.2. The lowest BCUT2D eigenvalue weighted by Crippen LogP contribution is -2.43. The third kappa shape index (κ3) is 3.68. The van der Waals surface area contributed by atoms with E-state index in [2.05, 4.69) is 18.9 Å². The highest BCUT2D eigenvalue weighted by Gasteiger charge is 2.20. The molecule has 1 heterocycles. The van der Waals surface area contributed by atoms with E-state index in [9.17, 15) is 0 Å². The van der Waals surface area contributed by atoms with Crippen molar-refractivity contribution >= 4 is 0 Å². The van der Waals surface area contributed by atoms with Crippen LogP contribution in [0.2, 0.25) is 0 Å². The maximum Gasteiger partial charge on any atom is 0.0748 e. The molecule has 2 aromatic rings. The number of para-hydroxylation sites is 1. The number of ether oxygens (including phenoxy) is 1. The Balaban J connectivity index is 1.91. The molecule has 0 atom stereocenters. The summed E-state index contributed by atoms with van der Waals surface area (Å²) >= 11 is 0. The second-order valence-corrected chi connectivity index (χ2v) is 5.19. The fourth-order valence-electron chi connectivity index (χ4n) is 1.98. The molecule has 0 spiro atoms. The zero-order valence-electron chi connectivity index (χ0n) is 12.2. The molecule has 0 aliphatic rings. The molecule has 0 aliphatic carbocycles. The minimum atomic E-state index is -0.213. The van der Waals surface area contributed by atoms with Gasteiger partial charge in [0.25, 0.3) is 0 Å². The van der Waals surface area contributed by atoms with E-state index in [1.807, 2.05) is 47.4 Å². The van der Waals surface area contributed by atoms with Gasteiger partial charge >= 0.3 is 0 Å². The summed E-state index contributed by atoms with van der Waals surface area (Å²) in [5.74, 6) is 0. The van der Waals surface area contributed by atoms with Crippen molar-refractivity contribution < 1.29 is 4.74 Å². The number of benzene rings is 1. The van der Waals surface area contributed by atoms with Crippen molar-refractivity contribution in [3.63, 3.8) is 0 Å². The van der Waals surface area contributed by atoms with Gasteiger partial charge in [-0.15, -0.1) is 0 Å². The SMILES string of the molecule is CCC(N)(CC)COCc1cnn(-c2ccccc2)c1. The molecule has 0 saturated heterocycles. The van der Waals surface area contributed by atoms with Crippen LogP contribution >= 0.6 is 0 Å². The van der Waals surface area contributed by atoms with Crippen molar-refractivity contribution in [2.75, 3.05) is 6.61 Å². The Morgan fingerprint density at radius 1 is 1.20 bits per heavy atom. The van der Waals surface area contributed by atoms with Crippen molar-refractivity contribution in [3.05, 3.63) is 48.3 Å². The molecule has 0 unspecified atom stereocenters. The lowest BCUT2D eigenvalue weighted by molar-refractivity contribution is 0.0696. The normalized spacial score (nSPS) is 11.8. The highest BCUT2D eigenvalue weighted by molar-refractivity contribution is 5.30. The molecule has 1 aromatic heterocycles. The van der Waals surface area contributed by atoms with Gasteiger partial charge in [0.1, 0.15) is 0 Å². The Labute approximate surface area is 120 Å². The van der Waals surface area contributed by atoms with Crippen molar-refractivity contribution in [2.45, 2.75) is 38.8 Å². The minimum Gasteiger partial charge on any atom is -0.375 e. The average molecular weight is 273 g/mol. The predicted octanol–water partition coefficient (Wildman–Crippen LogP) is 2.91. The van der Waals surface area contributed by atoms with E-state index in [-0.39, 0.29) is 5.54 Å². The van der Waals surface area contributed by atoms with Crippen LogP contribution in [0.5, 0.6) is 0 Å². The number of hydrogen-bond acceptors (Lipinski definition) is 3. The van der Waals surface area contributed by atoms with Crippen LogP contribution in [0, 0.1) is 0 Å². The second kappa shape index (κ2) is 6.68. The third-order valence-electron chi connectivity index (χ3n) is 3.72. The maximum atomic E-state index is 6.21.